The summed E-state index contributed by atoms with van der Waals surface area (Å²) in [6.07, 6.45) is 0. The predicted molar refractivity (Wildman–Crippen MR) is 101 cm³/mol. The molecule has 0 atom stereocenters. The van der Waals surface area contributed by atoms with Crippen LogP contribution in [0.3, 0.4) is 0 Å². The van der Waals surface area contributed by atoms with Gasteiger partial charge in [0.25, 0.3) is 5.91 Å². The van der Waals surface area contributed by atoms with E-state index in [0.717, 1.165) is 0 Å². The van der Waals surface area contributed by atoms with Crippen LogP contribution < -0.4 is 0 Å². The van der Waals surface area contributed by atoms with Crippen LogP contribution in [-0.2, 0) is 0 Å². The minimum absolute atomic E-state index is 0.135. The monoisotopic (exact) mass is 341 g/mol. The normalized spacial score (nSPS) is 10.8. The molecule has 1 heterocycles. The first kappa shape index (κ1) is 15.8. The quantitative estimate of drug-likeness (QED) is 0.588. The van der Waals surface area contributed by atoms with Crippen LogP contribution in [-0.4, -0.2) is 21.6 Å². The third kappa shape index (κ3) is 2.48. The summed E-state index contributed by atoms with van der Waals surface area (Å²) < 4.78 is 1.50. The molecule has 0 aliphatic rings. The van der Waals surface area contributed by atoms with Gasteiger partial charge in [-0.3, -0.25) is 9.36 Å². The van der Waals surface area contributed by atoms with E-state index in [1.54, 1.807) is 48.5 Å². The molecule has 0 amide bonds. The van der Waals surface area contributed by atoms with Gasteiger partial charge >= 0.3 is 5.97 Å². The van der Waals surface area contributed by atoms with Crippen molar-refractivity contribution in [3.05, 3.63) is 96.1 Å². The Bertz CT molecular complexity index is 1110. The number of carbonyl (C=O) groups is 2. The van der Waals surface area contributed by atoms with Crippen molar-refractivity contribution in [3.63, 3.8) is 0 Å². The summed E-state index contributed by atoms with van der Waals surface area (Å²) in [5, 5.41) is 10.4. The maximum absolute atomic E-state index is 13.3. The fourth-order valence-electron chi connectivity index (χ4n) is 3.25. The number of hydrogen-bond donors (Lipinski definition) is 1. The van der Waals surface area contributed by atoms with Gasteiger partial charge in [0, 0.05) is 10.9 Å². The van der Waals surface area contributed by atoms with E-state index in [1.807, 2.05) is 36.4 Å². The molecule has 0 spiro atoms. The number of para-hydroxylation sites is 1. The van der Waals surface area contributed by atoms with Crippen LogP contribution in [0.15, 0.2) is 84.9 Å². The Labute approximate surface area is 149 Å². The van der Waals surface area contributed by atoms with Crippen molar-refractivity contribution in [2.45, 2.75) is 0 Å². The minimum atomic E-state index is -1.06. The summed E-state index contributed by atoms with van der Waals surface area (Å²) in [7, 11) is 0. The number of hydrogen-bond acceptors (Lipinski definition) is 2. The zero-order valence-electron chi connectivity index (χ0n) is 13.8. The third-order valence-corrected chi connectivity index (χ3v) is 4.36. The number of aromatic carboxylic acids is 1. The number of fused-ring (bicyclic) bond motifs is 1. The van der Waals surface area contributed by atoms with Gasteiger partial charge < -0.3 is 5.11 Å². The Hall–Kier alpha value is -3.66. The van der Waals surface area contributed by atoms with E-state index in [9.17, 15) is 14.7 Å². The molecule has 1 N–H and O–H groups in total. The standard InChI is InChI=1S/C22H15NO3/c24-21(16-11-5-2-6-12-16)23-18-14-8-7-13-17(18)19(22(25)26)20(23)15-9-3-1-4-10-15/h1-14H,(H,25,26). The molecule has 0 aliphatic heterocycles. The van der Waals surface area contributed by atoms with Crippen LogP contribution in [0.1, 0.15) is 20.7 Å². The number of nitrogens with zero attached hydrogens (tertiary/aromatic N) is 1. The van der Waals surface area contributed by atoms with E-state index < -0.39 is 5.97 Å². The van der Waals surface area contributed by atoms with Crippen molar-refractivity contribution in [1.82, 2.24) is 4.57 Å². The summed E-state index contributed by atoms with van der Waals surface area (Å²) in [6, 6.07) is 25.1. The van der Waals surface area contributed by atoms with Crippen molar-refractivity contribution in [3.8, 4) is 11.3 Å². The maximum Gasteiger partial charge on any atom is 0.338 e. The fraction of sp³-hybridized carbons (Fsp3) is 0. The van der Waals surface area contributed by atoms with Crippen molar-refractivity contribution in [2.24, 2.45) is 0 Å². The van der Waals surface area contributed by atoms with Gasteiger partial charge in [-0.25, -0.2) is 4.79 Å². The van der Waals surface area contributed by atoms with Gasteiger partial charge in [0.2, 0.25) is 0 Å². The highest BCUT2D eigenvalue weighted by atomic mass is 16.4. The minimum Gasteiger partial charge on any atom is -0.478 e. The van der Waals surface area contributed by atoms with Gasteiger partial charge in [0.1, 0.15) is 0 Å². The predicted octanol–water partition coefficient (Wildman–Crippen LogP) is 4.70. The van der Waals surface area contributed by atoms with Gasteiger partial charge in [0.15, 0.2) is 0 Å². The number of aromatic nitrogens is 1. The van der Waals surface area contributed by atoms with Crippen LogP contribution in [0.4, 0.5) is 0 Å². The summed E-state index contributed by atoms with van der Waals surface area (Å²) in [5.74, 6) is -1.31. The zero-order valence-corrected chi connectivity index (χ0v) is 13.8. The Morgan fingerprint density at radius 3 is 1.96 bits per heavy atom. The van der Waals surface area contributed by atoms with Crippen LogP contribution in [0.25, 0.3) is 22.2 Å². The second-order valence-corrected chi connectivity index (χ2v) is 5.92. The molecule has 0 aliphatic carbocycles. The second-order valence-electron chi connectivity index (χ2n) is 5.92. The third-order valence-electron chi connectivity index (χ3n) is 4.36. The first-order valence-corrected chi connectivity index (χ1v) is 8.20. The number of carboxylic acid groups (broad SMARTS) is 1. The van der Waals surface area contributed by atoms with Crippen LogP contribution in [0.2, 0.25) is 0 Å². The van der Waals surface area contributed by atoms with Crippen molar-refractivity contribution in [1.29, 1.82) is 0 Å². The molecule has 26 heavy (non-hydrogen) atoms. The largest absolute Gasteiger partial charge is 0.478 e. The number of carbonyl (C=O) groups excluding carboxylic acids is 1. The first-order valence-electron chi connectivity index (χ1n) is 8.20. The summed E-state index contributed by atoms with van der Waals surface area (Å²) in [6.45, 7) is 0. The fourth-order valence-corrected chi connectivity index (χ4v) is 3.25. The Balaban J connectivity index is 2.12. The average molecular weight is 341 g/mol. The Kier molecular flexibility index (Phi) is 3.86. The van der Waals surface area contributed by atoms with Crippen molar-refractivity contribution >= 4 is 22.8 Å². The number of benzene rings is 3. The SMILES string of the molecule is O=C(O)c1c(-c2ccccc2)n(C(=O)c2ccccc2)c2ccccc12. The van der Waals surface area contributed by atoms with Gasteiger partial charge in [-0.2, -0.15) is 0 Å². The van der Waals surface area contributed by atoms with E-state index >= 15 is 0 Å². The molecule has 0 saturated carbocycles. The van der Waals surface area contributed by atoms with E-state index in [4.69, 9.17) is 0 Å². The zero-order chi connectivity index (χ0) is 18.1. The van der Waals surface area contributed by atoms with Gasteiger partial charge in [-0.15, -0.1) is 0 Å². The summed E-state index contributed by atoms with van der Waals surface area (Å²) >= 11 is 0. The molecule has 0 bridgehead atoms. The Morgan fingerprint density at radius 2 is 1.31 bits per heavy atom. The van der Waals surface area contributed by atoms with E-state index in [2.05, 4.69) is 0 Å². The molecule has 4 heteroatoms. The number of rotatable bonds is 3. The lowest BCUT2D eigenvalue weighted by Crippen LogP contribution is -2.14. The molecule has 0 fully saturated rings. The summed E-state index contributed by atoms with van der Waals surface area (Å²) in [5.41, 5.74) is 2.30. The van der Waals surface area contributed by atoms with Crippen LogP contribution >= 0.6 is 0 Å². The summed E-state index contributed by atoms with van der Waals surface area (Å²) in [4.78, 5) is 25.3. The smallest absolute Gasteiger partial charge is 0.338 e. The van der Waals surface area contributed by atoms with Gasteiger partial charge in [0.05, 0.1) is 16.8 Å². The lowest BCUT2D eigenvalue weighted by atomic mass is 10.1. The molecular weight excluding hydrogens is 326 g/mol. The van der Waals surface area contributed by atoms with Crippen molar-refractivity contribution < 1.29 is 14.7 Å². The highest BCUT2D eigenvalue weighted by Gasteiger charge is 2.26. The Morgan fingerprint density at radius 1 is 0.731 bits per heavy atom. The van der Waals surface area contributed by atoms with Gasteiger partial charge in [-0.05, 0) is 23.8 Å². The second kappa shape index (κ2) is 6.33. The van der Waals surface area contributed by atoms with Gasteiger partial charge in [-0.1, -0.05) is 66.7 Å². The average Bonchev–Trinajstić information content (AvgIpc) is 3.04. The van der Waals surface area contributed by atoms with Crippen molar-refractivity contribution in [2.75, 3.05) is 0 Å². The highest BCUT2D eigenvalue weighted by Crippen LogP contribution is 2.34. The lowest BCUT2D eigenvalue weighted by molar-refractivity contribution is 0.0700. The highest BCUT2D eigenvalue weighted by molar-refractivity contribution is 6.15. The van der Waals surface area contributed by atoms with E-state index in [-0.39, 0.29) is 11.5 Å². The molecule has 0 saturated heterocycles. The molecular formula is C22H15NO3. The molecule has 0 unspecified atom stereocenters. The molecule has 4 aromatic rings. The molecule has 1 aromatic heterocycles. The van der Waals surface area contributed by atoms with Crippen LogP contribution in [0, 0.1) is 0 Å². The van der Waals surface area contributed by atoms with E-state index in [1.165, 1.54) is 4.57 Å². The van der Waals surface area contributed by atoms with Crippen LogP contribution in [0.5, 0.6) is 0 Å². The molecule has 126 valence electrons. The molecule has 3 aromatic carbocycles. The maximum atomic E-state index is 13.3. The lowest BCUT2D eigenvalue weighted by Gasteiger charge is -2.10. The topological polar surface area (TPSA) is 59.3 Å². The molecule has 4 nitrogen and oxygen atoms in total. The molecule has 4 rings (SSSR count). The number of carboxylic acids is 1. The molecule has 0 radical (unpaired) electrons. The van der Waals surface area contributed by atoms with E-state index in [0.29, 0.717) is 27.7 Å². The first-order chi connectivity index (χ1) is 12.7.